The Kier molecular flexibility index (Phi) is 5.30. The summed E-state index contributed by atoms with van der Waals surface area (Å²) in [5, 5.41) is 11.7. The molecule has 1 aliphatic heterocycles. The van der Waals surface area contributed by atoms with E-state index in [1.54, 1.807) is 12.1 Å². The van der Waals surface area contributed by atoms with Gasteiger partial charge in [0.15, 0.2) is 5.82 Å². The number of nitrogens with zero attached hydrogens (tertiary/aromatic N) is 4. The van der Waals surface area contributed by atoms with Crippen LogP contribution in [0.25, 0.3) is 11.3 Å². The van der Waals surface area contributed by atoms with Crippen molar-refractivity contribution >= 4 is 17.4 Å². The molecule has 0 bridgehead atoms. The molecule has 2 heterocycles. The molecule has 28 heavy (non-hydrogen) atoms. The first-order chi connectivity index (χ1) is 13.7. The van der Waals surface area contributed by atoms with Crippen LogP contribution < -0.4 is 10.2 Å². The standard InChI is InChI=1S/C22H23N5O/c1-26-13-15-27(16-14-26)21-12-11-20(24-25-21)17-7-9-19(10-8-17)23-22(28)18-5-3-2-4-6-18/h2-12H,13-16H2,1H3,(H,23,28). The van der Waals surface area contributed by atoms with Gasteiger partial charge in [-0.15, -0.1) is 10.2 Å². The summed E-state index contributed by atoms with van der Waals surface area (Å²) in [6.07, 6.45) is 0. The smallest absolute Gasteiger partial charge is 0.255 e. The number of benzene rings is 2. The molecule has 0 atom stereocenters. The SMILES string of the molecule is CN1CCN(c2ccc(-c3ccc(NC(=O)c4ccccc4)cc3)nn2)CC1. The third kappa shape index (κ3) is 4.18. The van der Waals surface area contributed by atoms with Crippen molar-refractivity contribution in [3.63, 3.8) is 0 Å². The molecular formula is C22H23N5O. The Labute approximate surface area is 164 Å². The van der Waals surface area contributed by atoms with Crippen LogP contribution in [-0.2, 0) is 0 Å². The third-order valence-electron chi connectivity index (χ3n) is 4.95. The maximum Gasteiger partial charge on any atom is 0.255 e. The van der Waals surface area contributed by atoms with Crippen LogP contribution in [0.1, 0.15) is 10.4 Å². The van der Waals surface area contributed by atoms with Crippen molar-refractivity contribution in [1.29, 1.82) is 0 Å². The molecule has 142 valence electrons. The Morgan fingerprint density at radius 3 is 2.21 bits per heavy atom. The van der Waals surface area contributed by atoms with Gasteiger partial charge in [-0.1, -0.05) is 30.3 Å². The van der Waals surface area contributed by atoms with E-state index >= 15 is 0 Å². The zero-order valence-electron chi connectivity index (χ0n) is 15.9. The average Bonchev–Trinajstić information content (AvgIpc) is 2.76. The van der Waals surface area contributed by atoms with Crippen molar-refractivity contribution in [2.24, 2.45) is 0 Å². The molecule has 0 spiro atoms. The molecule has 1 N–H and O–H groups in total. The first kappa shape index (κ1) is 18.1. The molecule has 6 nitrogen and oxygen atoms in total. The molecule has 1 aliphatic rings. The van der Waals surface area contributed by atoms with Gasteiger partial charge in [0.2, 0.25) is 0 Å². The molecule has 1 fully saturated rings. The molecule has 0 unspecified atom stereocenters. The number of anilines is 2. The highest BCUT2D eigenvalue weighted by Gasteiger charge is 2.15. The van der Waals surface area contributed by atoms with E-state index in [9.17, 15) is 4.79 Å². The lowest BCUT2D eigenvalue weighted by Gasteiger charge is -2.32. The van der Waals surface area contributed by atoms with Gasteiger partial charge < -0.3 is 15.1 Å². The summed E-state index contributed by atoms with van der Waals surface area (Å²) >= 11 is 0. The normalized spacial score (nSPS) is 14.7. The van der Waals surface area contributed by atoms with E-state index in [4.69, 9.17) is 0 Å². The van der Waals surface area contributed by atoms with Gasteiger partial charge in [0, 0.05) is 43.0 Å². The van der Waals surface area contributed by atoms with Crippen LogP contribution in [0.4, 0.5) is 11.5 Å². The van der Waals surface area contributed by atoms with Crippen LogP contribution in [0.3, 0.4) is 0 Å². The number of piperazine rings is 1. The molecule has 0 aliphatic carbocycles. The van der Waals surface area contributed by atoms with Crippen LogP contribution in [0, 0.1) is 0 Å². The van der Waals surface area contributed by atoms with Crippen molar-refractivity contribution in [1.82, 2.24) is 15.1 Å². The van der Waals surface area contributed by atoms with Crippen LogP contribution in [0.2, 0.25) is 0 Å². The van der Waals surface area contributed by atoms with Crippen molar-refractivity contribution in [3.8, 4) is 11.3 Å². The highest BCUT2D eigenvalue weighted by Crippen LogP contribution is 2.21. The average molecular weight is 373 g/mol. The minimum atomic E-state index is -0.121. The second kappa shape index (κ2) is 8.19. The number of carbonyl (C=O) groups is 1. The molecule has 2 aromatic carbocycles. The number of carbonyl (C=O) groups excluding carboxylic acids is 1. The molecule has 0 saturated carbocycles. The topological polar surface area (TPSA) is 61.4 Å². The van der Waals surface area contributed by atoms with Crippen molar-refractivity contribution in [3.05, 3.63) is 72.3 Å². The fraction of sp³-hybridized carbons (Fsp3) is 0.227. The fourth-order valence-corrected chi connectivity index (χ4v) is 3.20. The summed E-state index contributed by atoms with van der Waals surface area (Å²) in [7, 11) is 2.14. The lowest BCUT2D eigenvalue weighted by molar-refractivity contribution is 0.102. The maximum atomic E-state index is 12.2. The molecular weight excluding hydrogens is 350 g/mol. The van der Waals surface area contributed by atoms with Gasteiger partial charge in [0.25, 0.3) is 5.91 Å². The van der Waals surface area contributed by atoms with Gasteiger partial charge in [-0.2, -0.15) is 0 Å². The van der Waals surface area contributed by atoms with Gasteiger partial charge in [-0.05, 0) is 43.4 Å². The molecule has 4 rings (SSSR count). The first-order valence-electron chi connectivity index (χ1n) is 9.43. The van der Waals surface area contributed by atoms with Crippen molar-refractivity contribution < 1.29 is 4.79 Å². The van der Waals surface area contributed by atoms with E-state index in [1.807, 2.05) is 54.6 Å². The summed E-state index contributed by atoms with van der Waals surface area (Å²) in [6, 6.07) is 20.9. The van der Waals surface area contributed by atoms with Gasteiger partial charge >= 0.3 is 0 Å². The summed E-state index contributed by atoms with van der Waals surface area (Å²) in [5.41, 5.74) is 3.17. The maximum absolute atomic E-state index is 12.2. The zero-order valence-corrected chi connectivity index (χ0v) is 15.9. The predicted molar refractivity (Wildman–Crippen MR) is 112 cm³/mol. The number of rotatable bonds is 4. The highest BCUT2D eigenvalue weighted by molar-refractivity contribution is 6.04. The van der Waals surface area contributed by atoms with Crippen LogP contribution in [0.15, 0.2) is 66.7 Å². The molecule has 3 aromatic rings. The molecule has 6 heteroatoms. The Bertz CT molecular complexity index is 917. The van der Waals surface area contributed by atoms with Crippen molar-refractivity contribution in [2.45, 2.75) is 0 Å². The minimum Gasteiger partial charge on any atom is -0.353 e. The van der Waals surface area contributed by atoms with Crippen LogP contribution >= 0.6 is 0 Å². The quantitative estimate of drug-likeness (QED) is 0.761. The summed E-state index contributed by atoms with van der Waals surface area (Å²) in [6.45, 7) is 4.03. The number of aromatic nitrogens is 2. The van der Waals surface area contributed by atoms with Crippen LogP contribution in [0.5, 0.6) is 0 Å². The molecule has 1 aromatic heterocycles. The molecule has 1 saturated heterocycles. The Morgan fingerprint density at radius 2 is 1.57 bits per heavy atom. The number of nitrogens with one attached hydrogen (secondary N) is 1. The van der Waals surface area contributed by atoms with Gasteiger partial charge in [0.1, 0.15) is 0 Å². The fourth-order valence-electron chi connectivity index (χ4n) is 3.20. The van der Waals surface area contributed by atoms with Crippen LogP contribution in [-0.4, -0.2) is 54.2 Å². The van der Waals surface area contributed by atoms with E-state index in [2.05, 4.69) is 32.4 Å². The largest absolute Gasteiger partial charge is 0.353 e. The number of likely N-dealkylation sites (N-methyl/N-ethyl adjacent to an activating group) is 1. The first-order valence-corrected chi connectivity index (χ1v) is 9.43. The summed E-state index contributed by atoms with van der Waals surface area (Å²) < 4.78 is 0. The van der Waals surface area contributed by atoms with Gasteiger partial charge in [-0.25, -0.2) is 0 Å². The summed E-state index contributed by atoms with van der Waals surface area (Å²) in [4.78, 5) is 16.8. The van der Waals surface area contributed by atoms with E-state index in [-0.39, 0.29) is 5.91 Å². The third-order valence-corrected chi connectivity index (χ3v) is 4.95. The Balaban J connectivity index is 1.41. The molecule has 1 amide bonds. The van der Waals surface area contributed by atoms with E-state index in [0.29, 0.717) is 5.56 Å². The Hall–Kier alpha value is -3.25. The monoisotopic (exact) mass is 373 g/mol. The second-order valence-electron chi connectivity index (χ2n) is 6.96. The summed E-state index contributed by atoms with van der Waals surface area (Å²) in [5.74, 6) is 0.799. The van der Waals surface area contributed by atoms with Crippen molar-refractivity contribution in [2.75, 3.05) is 43.4 Å². The number of amides is 1. The zero-order chi connectivity index (χ0) is 19.3. The second-order valence-corrected chi connectivity index (χ2v) is 6.96. The highest BCUT2D eigenvalue weighted by atomic mass is 16.1. The molecule has 0 radical (unpaired) electrons. The van der Waals surface area contributed by atoms with E-state index in [0.717, 1.165) is 48.9 Å². The lowest BCUT2D eigenvalue weighted by atomic mass is 10.1. The Morgan fingerprint density at radius 1 is 0.857 bits per heavy atom. The predicted octanol–water partition coefficient (Wildman–Crippen LogP) is 3.15. The number of hydrogen-bond donors (Lipinski definition) is 1. The minimum absolute atomic E-state index is 0.121. The van der Waals surface area contributed by atoms with Gasteiger partial charge in [0.05, 0.1) is 5.69 Å². The van der Waals surface area contributed by atoms with Gasteiger partial charge in [-0.3, -0.25) is 4.79 Å². The van der Waals surface area contributed by atoms with E-state index < -0.39 is 0 Å². The lowest BCUT2D eigenvalue weighted by Crippen LogP contribution is -2.44. The number of hydrogen-bond acceptors (Lipinski definition) is 5. The van der Waals surface area contributed by atoms with E-state index in [1.165, 1.54) is 0 Å².